The van der Waals surface area contributed by atoms with Crippen LogP contribution in [0.2, 0.25) is 0 Å². The molecular formula is C9H11N3O. The van der Waals surface area contributed by atoms with E-state index in [0.717, 1.165) is 5.69 Å². The van der Waals surface area contributed by atoms with Crippen molar-refractivity contribution in [3.8, 4) is 11.8 Å². The van der Waals surface area contributed by atoms with Crippen molar-refractivity contribution >= 4 is 5.69 Å². The zero-order valence-corrected chi connectivity index (χ0v) is 7.66. The molecule has 68 valence electrons. The SMILES string of the molecule is CCOc1cnc(C#N)cc1NC. The maximum absolute atomic E-state index is 8.60. The summed E-state index contributed by atoms with van der Waals surface area (Å²) in [6.45, 7) is 2.49. The molecule has 0 atom stereocenters. The Morgan fingerprint density at radius 3 is 3.00 bits per heavy atom. The summed E-state index contributed by atoms with van der Waals surface area (Å²) in [6.07, 6.45) is 1.55. The smallest absolute Gasteiger partial charge is 0.160 e. The molecule has 0 bridgehead atoms. The summed E-state index contributed by atoms with van der Waals surface area (Å²) in [4.78, 5) is 3.90. The lowest BCUT2D eigenvalue weighted by Gasteiger charge is -2.08. The lowest BCUT2D eigenvalue weighted by molar-refractivity contribution is 0.340. The van der Waals surface area contributed by atoms with Gasteiger partial charge in [0.2, 0.25) is 0 Å². The number of hydrogen-bond donors (Lipinski definition) is 1. The van der Waals surface area contributed by atoms with Crippen LogP contribution in [0, 0.1) is 11.3 Å². The van der Waals surface area contributed by atoms with Crippen LogP contribution >= 0.6 is 0 Å². The molecule has 1 heterocycles. The summed E-state index contributed by atoms with van der Waals surface area (Å²) in [5, 5.41) is 11.5. The van der Waals surface area contributed by atoms with Crippen LogP contribution in [0.25, 0.3) is 0 Å². The van der Waals surface area contributed by atoms with Gasteiger partial charge in [0.1, 0.15) is 11.8 Å². The first-order chi connectivity index (χ1) is 6.31. The van der Waals surface area contributed by atoms with Crippen molar-refractivity contribution in [2.45, 2.75) is 6.92 Å². The summed E-state index contributed by atoms with van der Waals surface area (Å²) in [5.74, 6) is 0.670. The van der Waals surface area contributed by atoms with Gasteiger partial charge in [-0.25, -0.2) is 4.98 Å². The fourth-order valence-electron chi connectivity index (χ4n) is 0.970. The maximum Gasteiger partial charge on any atom is 0.160 e. The molecule has 4 nitrogen and oxygen atoms in total. The first-order valence-corrected chi connectivity index (χ1v) is 4.02. The highest BCUT2D eigenvalue weighted by Gasteiger charge is 2.03. The van der Waals surface area contributed by atoms with E-state index in [1.54, 1.807) is 19.3 Å². The zero-order valence-electron chi connectivity index (χ0n) is 7.66. The van der Waals surface area contributed by atoms with Gasteiger partial charge in [-0.05, 0) is 6.92 Å². The average Bonchev–Trinajstić information content (AvgIpc) is 2.19. The standard InChI is InChI=1S/C9H11N3O/c1-3-13-9-6-12-7(5-10)4-8(9)11-2/h4,6H,3H2,1-2H3,(H,11,12). The second-order valence-corrected chi connectivity index (χ2v) is 2.36. The molecule has 0 saturated carbocycles. The normalized spacial score (nSPS) is 9.00. The van der Waals surface area contributed by atoms with Crippen molar-refractivity contribution in [1.29, 1.82) is 5.26 Å². The van der Waals surface area contributed by atoms with Crippen molar-refractivity contribution in [3.63, 3.8) is 0 Å². The van der Waals surface area contributed by atoms with Crippen LogP contribution in [0.4, 0.5) is 5.69 Å². The Balaban J connectivity index is 3.02. The van der Waals surface area contributed by atoms with Crippen molar-refractivity contribution < 1.29 is 4.74 Å². The number of rotatable bonds is 3. The molecular weight excluding hydrogens is 166 g/mol. The fraction of sp³-hybridized carbons (Fsp3) is 0.333. The monoisotopic (exact) mass is 177 g/mol. The van der Waals surface area contributed by atoms with E-state index < -0.39 is 0 Å². The van der Waals surface area contributed by atoms with Crippen LogP contribution in [0.3, 0.4) is 0 Å². The highest BCUT2D eigenvalue weighted by Crippen LogP contribution is 2.22. The molecule has 0 aromatic carbocycles. The van der Waals surface area contributed by atoms with Gasteiger partial charge in [-0.1, -0.05) is 0 Å². The quantitative estimate of drug-likeness (QED) is 0.758. The van der Waals surface area contributed by atoms with Gasteiger partial charge in [-0.15, -0.1) is 0 Å². The number of hydrogen-bond acceptors (Lipinski definition) is 4. The van der Waals surface area contributed by atoms with Crippen LogP contribution in [0.1, 0.15) is 12.6 Å². The third kappa shape index (κ3) is 2.09. The van der Waals surface area contributed by atoms with Crippen molar-refractivity contribution in [2.24, 2.45) is 0 Å². The highest BCUT2D eigenvalue weighted by molar-refractivity contribution is 5.56. The second-order valence-electron chi connectivity index (χ2n) is 2.36. The van der Waals surface area contributed by atoms with Crippen molar-refractivity contribution in [1.82, 2.24) is 4.98 Å². The van der Waals surface area contributed by atoms with Crippen LogP contribution in [0.15, 0.2) is 12.3 Å². The maximum atomic E-state index is 8.60. The minimum absolute atomic E-state index is 0.382. The lowest BCUT2D eigenvalue weighted by Crippen LogP contribution is -1.99. The molecule has 1 aromatic heterocycles. The predicted molar refractivity (Wildman–Crippen MR) is 49.7 cm³/mol. The van der Waals surface area contributed by atoms with Gasteiger partial charge in [0.05, 0.1) is 18.5 Å². The van der Waals surface area contributed by atoms with E-state index in [-0.39, 0.29) is 0 Å². The van der Waals surface area contributed by atoms with Crippen LogP contribution < -0.4 is 10.1 Å². The summed E-state index contributed by atoms with van der Waals surface area (Å²) in [7, 11) is 1.78. The number of anilines is 1. The molecule has 0 aliphatic heterocycles. The van der Waals surface area contributed by atoms with E-state index in [4.69, 9.17) is 10.00 Å². The van der Waals surface area contributed by atoms with E-state index >= 15 is 0 Å². The Labute approximate surface area is 77.2 Å². The number of ether oxygens (including phenoxy) is 1. The minimum Gasteiger partial charge on any atom is -0.490 e. The predicted octanol–water partition coefficient (Wildman–Crippen LogP) is 1.39. The Morgan fingerprint density at radius 1 is 1.69 bits per heavy atom. The molecule has 1 rings (SSSR count). The van der Waals surface area contributed by atoms with Crippen LogP contribution in [0.5, 0.6) is 5.75 Å². The number of nitrogens with zero attached hydrogens (tertiary/aromatic N) is 2. The largest absolute Gasteiger partial charge is 0.490 e. The van der Waals surface area contributed by atoms with Gasteiger partial charge in [0.25, 0.3) is 0 Å². The molecule has 0 saturated heterocycles. The van der Waals surface area contributed by atoms with Crippen molar-refractivity contribution in [2.75, 3.05) is 19.0 Å². The summed E-state index contributed by atoms with van der Waals surface area (Å²) < 4.78 is 5.29. The van der Waals surface area contributed by atoms with Gasteiger partial charge < -0.3 is 10.1 Å². The molecule has 1 N–H and O–H groups in total. The third-order valence-corrected chi connectivity index (χ3v) is 1.55. The molecule has 1 aromatic rings. The van der Waals surface area contributed by atoms with Gasteiger partial charge in [-0.3, -0.25) is 0 Å². The molecule has 0 aliphatic carbocycles. The highest BCUT2D eigenvalue weighted by atomic mass is 16.5. The van der Waals surface area contributed by atoms with E-state index in [2.05, 4.69) is 10.3 Å². The third-order valence-electron chi connectivity index (χ3n) is 1.55. The molecule has 0 amide bonds. The van der Waals surface area contributed by atoms with E-state index in [1.807, 2.05) is 13.0 Å². The number of nitriles is 1. The van der Waals surface area contributed by atoms with Gasteiger partial charge in [-0.2, -0.15) is 5.26 Å². The Hall–Kier alpha value is -1.76. The molecule has 13 heavy (non-hydrogen) atoms. The fourth-order valence-corrected chi connectivity index (χ4v) is 0.970. The second kappa shape index (κ2) is 4.31. The summed E-state index contributed by atoms with van der Waals surface area (Å²) >= 11 is 0. The number of aromatic nitrogens is 1. The zero-order chi connectivity index (χ0) is 9.68. The molecule has 0 spiro atoms. The molecule has 0 unspecified atom stereocenters. The Kier molecular flexibility index (Phi) is 3.09. The van der Waals surface area contributed by atoms with Crippen LogP contribution in [-0.4, -0.2) is 18.6 Å². The minimum atomic E-state index is 0.382. The number of pyridine rings is 1. The van der Waals surface area contributed by atoms with E-state index in [0.29, 0.717) is 18.1 Å². The number of nitrogens with one attached hydrogen (secondary N) is 1. The molecule has 0 radical (unpaired) electrons. The topological polar surface area (TPSA) is 57.9 Å². The first-order valence-electron chi connectivity index (χ1n) is 4.02. The van der Waals surface area contributed by atoms with Crippen LogP contribution in [-0.2, 0) is 0 Å². The Bertz CT molecular complexity index is 330. The van der Waals surface area contributed by atoms with Gasteiger partial charge in [0.15, 0.2) is 5.75 Å². The summed E-state index contributed by atoms with van der Waals surface area (Å²) in [6, 6.07) is 3.62. The molecule has 4 heteroatoms. The summed E-state index contributed by atoms with van der Waals surface area (Å²) in [5.41, 5.74) is 1.17. The Morgan fingerprint density at radius 2 is 2.46 bits per heavy atom. The van der Waals surface area contributed by atoms with E-state index in [9.17, 15) is 0 Å². The van der Waals surface area contributed by atoms with Crippen molar-refractivity contribution in [3.05, 3.63) is 18.0 Å². The lowest BCUT2D eigenvalue weighted by atomic mass is 10.3. The first kappa shape index (κ1) is 9.33. The molecule has 0 aliphatic rings. The molecule has 0 fully saturated rings. The average molecular weight is 177 g/mol. The van der Waals surface area contributed by atoms with Gasteiger partial charge >= 0.3 is 0 Å². The van der Waals surface area contributed by atoms with Gasteiger partial charge in [0, 0.05) is 13.1 Å². The van der Waals surface area contributed by atoms with E-state index in [1.165, 1.54) is 0 Å².